The van der Waals surface area contributed by atoms with Crippen LogP contribution in [0, 0.1) is 5.92 Å². The van der Waals surface area contributed by atoms with Crippen molar-refractivity contribution in [2.45, 2.75) is 218 Å². The van der Waals surface area contributed by atoms with E-state index in [1.54, 1.807) is 373 Å². The van der Waals surface area contributed by atoms with Crippen molar-refractivity contribution in [2.24, 2.45) is 5.92 Å². The molecule has 2 heterocycles. The quantitative estimate of drug-likeness (QED) is 0.155. The van der Waals surface area contributed by atoms with Crippen LogP contribution in [-0.4, -0.2) is 53.3 Å². The molecule has 0 aromatic carbocycles. The smallest absolute Gasteiger partial charge is 0.192 e. The molecular formula is C37H72O4S81Si2. The molecule has 3 aliphatic carbocycles. The summed E-state index contributed by atoms with van der Waals surface area (Å²) in [6.07, 6.45) is 27.2. The van der Waals surface area contributed by atoms with Crippen LogP contribution in [0.25, 0.3) is 0 Å². The maximum atomic E-state index is 6.53. The largest absolute Gasteiger partial charge is 0.414 e. The van der Waals surface area contributed by atoms with E-state index < -0.39 is 16.6 Å². The number of hydrogen-bond acceptors (Lipinski definition) is 10. The molecule has 2 saturated carbocycles. The highest BCUT2D eigenvalue weighted by Crippen LogP contribution is 2.42. The molecule has 0 aromatic rings. The molecule has 0 bridgehead atoms. The third kappa shape index (κ3) is 103. The summed E-state index contributed by atoms with van der Waals surface area (Å²) < 4.78 is 24.3. The number of ether oxygens (including phenoxy) is 2. The highest BCUT2D eigenvalue weighted by molar-refractivity contribution is 8.84. The van der Waals surface area contributed by atoms with Crippen molar-refractivity contribution < 1.29 is 18.3 Å². The standard InChI is InChI=1S/2C14H28O2Si.C9H16.S28.S27.S26/c2*1-14(2,3)17(4,5)16-11-7-6-8-12-13(15-12)10-9-11;1-9-7-5-3-2-4-6-8-9;1-3-5-7-9-11-13-15-17-19-21-23-25-27-28-26-24-22-20-18-16-14-12-10-8-6-4-2;1-3-5-7-9-11-13-15-17-19-21-23-25-27-26-24-22-20-18-16-14-12-10-8-6-4-2;1-3-5-7-9-11-13-15-17-19-21-23-25-26-24-22-20-18-16-14-12-10-8-6-4-2/h2*11-13H,6-10H2,1-5H3;2-3,9H,4-8H2,1H3;;;/b;;3-2-;;;/t11-,12+,13-;11-,12-,13+;;;;/m11..../s1. The molecule has 0 N–H and O–H groups in total. The Hall–Kier alpha value is 17.8. The van der Waals surface area contributed by atoms with Crippen LogP contribution in [0.3, 0.4) is 0 Å². The third-order valence-electron chi connectivity index (χ3n) is 13.5. The molecule has 124 heavy (non-hydrogen) atoms. The van der Waals surface area contributed by atoms with Gasteiger partial charge in [-0.3, -0.25) is 0 Å². The molecule has 2 aliphatic heterocycles. The molecule has 5 rings (SSSR count). The van der Waals surface area contributed by atoms with Crippen molar-refractivity contribution in [2.75, 3.05) is 0 Å². The Morgan fingerprint density at radius 3 is 0.565 bits per heavy atom. The van der Waals surface area contributed by atoms with E-state index in [0.29, 0.717) is 46.7 Å². The van der Waals surface area contributed by atoms with Crippen LogP contribution in [0.5, 0.6) is 0 Å². The zero-order valence-corrected chi connectivity index (χ0v) is 132. The summed E-state index contributed by atoms with van der Waals surface area (Å²) in [5, 5.41) is 0.655. The van der Waals surface area contributed by atoms with Gasteiger partial charge in [0.25, 0.3) is 0 Å². The van der Waals surface area contributed by atoms with Gasteiger partial charge in [0.15, 0.2) is 16.6 Å². The molecule has 5 aliphatic rings. The van der Waals surface area contributed by atoms with Crippen molar-refractivity contribution in [1.29, 1.82) is 0 Å². The Labute approximate surface area is 978 Å². The van der Waals surface area contributed by atoms with E-state index in [1.807, 2.05) is 240 Å². The topological polar surface area (TPSA) is 43.5 Å². The van der Waals surface area contributed by atoms with Crippen molar-refractivity contribution in [1.82, 2.24) is 0 Å². The maximum absolute atomic E-state index is 6.53. The van der Waals surface area contributed by atoms with Gasteiger partial charge in [0.2, 0.25) is 0 Å². The average Bonchev–Trinajstić information content (AvgIpc) is 1.48. The Balaban J connectivity index is 0.00000150. The van der Waals surface area contributed by atoms with Crippen LogP contribution in [0.1, 0.15) is 145 Å². The molecule has 7 atom stereocenters. The van der Waals surface area contributed by atoms with Gasteiger partial charge in [-0.25, -0.2) is 0 Å². The van der Waals surface area contributed by atoms with E-state index in [9.17, 15) is 0 Å². The van der Waals surface area contributed by atoms with Crippen LogP contribution in [0.4, 0.5) is 0 Å². The summed E-state index contributed by atoms with van der Waals surface area (Å²) in [6, 6.07) is 0. The van der Waals surface area contributed by atoms with Crippen molar-refractivity contribution in [3.8, 4) is 0 Å². The molecule has 0 aromatic heterocycles. The average molecular weight is 3230 g/mol. The van der Waals surface area contributed by atoms with E-state index in [1.165, 1.54) is 150 Å². The Morgan fingerprint density at radius 2 is 0.387 bits per heavy atom. The zero-order chi connectivity index (χ0) is 90.9. The summed E-state index contributed by atoms with van der Waals surface area (Å²) in [5.41, 5.74) is 0. The van der Waals surface area contributed by atoms with Crippen molar-refractivity contribution >= 4 is 750 Å². The van der Waals surface area contributed by atoms with E-state index >= 15 is 0 Å². The first-order valence-corrected chi connectivity index (χ1v) is 141. The van der Waals surface area contributed by atoms with E-state index in [4.69, 9.17) is 85.5 Å². The maximum Gasteiger partial charge on any atom is 0.192 e. The number of hydrogen-bond donors (Lipinski definition) is 0. The SMILES string of the molecule is CC(C)(C)[Si](C)(C)O[C@@H]1CCC[C@@H]2O[C@@H]2CC1.CC(C)(C)[Si](C)(C)O[C@@H]1CCC[C@H]2O[C@H]2CC1.CC1CC/C=C\CCC1.S=S=S=S=S=S=S=S=S=S=S=S=S=S=S=S=S=S=S=S=S=S=S=S=S=S.S=S=S=S=S=S=S=S=S=S=S=S=S=S=S=S=S=S=S=S=S=S=S=S=S=S=S.S=S=S=S=S=S=S=S=S=S=S=S=S=S=S=S=S=S=S=S=S=S=S=S=S=S=S=S. The van der Waals surface area contributed by atoms with Gasteiger partial charge in [0, 0.05) is 745 Å². The first kappa shape index (κ1) is 142. The molecule has 1 unspecified atom stereocenters. The van der Waals surface area contributed by atoms with Crippen LogP contribution >= 0.6 is 0 Å². The second kappa shape index (κ2) is 109. The second-order valence-electron chi connectivity index (χ2n) is 22.6. The van der Waals surface area contributed by atoms with Gasteiger partial charge in [-0.15, -0.1) is 0 Å². The molecule has 0 amide bonds. The van der Waals surface area contributed by atoms with Crippen molar-refractivity contribution in [3.05, 3.63) is 12.2 Å². The van der Waals surface area contributed by atoms with E-state index in [-0.39, 0.29) is 0 Å². The van der Waals surface area contributed by atoms with Gasteiger partial charge in [-0.05, 0) is 132 Å². The van der Waals surface area contributed by atoms with Gasteiger partial charge < -0.3 is 18.3 Å². The monoisotopic (exact) mass is 3230 g/mol. The fourth-order valence-electron chi connectivity index (χ4n) is 7.01. The fraction of sp³-hybridized carbons (Fsp3) is 0.946. The normalized spacial score (nSPS) is 16.8. The summed E-state index contributed by atoms with van der Waals surface area (Å²) in [7, 11) is 128. The fourth-order valence-corrected chi connectivity index (χ4v) is 199. The molecule has 4 nitrogen and oxygen atoms in total. The molecule has 4 fully saturated rings. The summed E-state index contributed by atoms with van der Waals surface area (Å²) in [5.74, 6) is 0.968. The van der Waals surface area contributed by atoms with Gasteiger partial charge >= 0.3 is 0 Å². The first-order chi connectivity index (χ1) is 60.2. The predicted octanol–water partition coefficient (Wildman–Crippen LogP) is 11.2. The Bertz CT molecular complexity index is 6960. The molecule has 2 saturated heterocycles. The van der Waals surface area contributed by atoms with E-state index in [0.717, 1.165) is 5.92 Å². The third-order valence-corrected chi connectivity index (χ3v) is 183. The van der Waals surface area contributed by atoms with Gasteiger partial charge in [-0.2, -0.15) is 0 Å². The lowest BCUT2D eigenvalue weighted by Crippen LogP contribution is -2.44. The number of rotatable bonds is 4. The molecular weight excluding hydrogens is 3160 g/mol. The second-order valence-corrected chi connectivity index (χ2v) is 165. The lowest BCUT2D eigenvalue weighted by Gasteiger charge is -2.39. The summed E-state index contributed by atoms with van der Waals surface area (Å²) in [4.78, 5) is 0. The number of fused-ring (bicyclic) bond motifs is 2. The van der Waals surface area contributed by atoms with E-state index in [2.05, 4.69) is 86.8 Å². The Kier molecular flexibility index (Phi) is 125. The molecule has 738 valence electrons. The lowest BCUT2D eigenvalue weighted by molar-refractivity contribution is 0.151. The van der Waals surface area contributed by atoms with Crippen LogP contribution in [0.2, 0.25) is 36.3 Å². The predicted molar refractivity (Wildman–Crippen MR) is 786 cm³/mol. The molecule has 0 radical (unpaired) electrons. The van der Waals surface area contributed by atoms with Crippen LogP contribution < -0.4 is 0 Å². The summed E-state index contributed by atoms with van der Waals surface area (Å²) in [6.45, 7) is 25.7. The van der Waals surface area contributed by atoms with Gasteiger partial charge in [0.1, 0.15) is 0 Å². The lowest BCUT2D eigenvalue weighted by atomic mass is 9.96. The van der Waals surface area contributed by atoms with Gasteiger partial charge in [-0.1, -0.05) is 67.0 Å². The molecule has 0 spiro atoms. The van der Waals surface area contributed by atoms with Crippen molar-refractivity contribution in [3.63, 3.8) is 0 Å². The highest BCUT2D eigenvalue weighted by Gasteiger charge is 2.44. The molecule has 87 heteroatoms. The minimum absolute atomic E-state index is 0.327. The van der Waals surface area contributed by atoms with Crippen LogP contribution in [0.15, 0.2) is 12.2 Å². The first-order valence-electron chi connectivity index (χ1n) is 31.3. The number of epoxide rings is 2. The summed E-state index contributed by atoms with van der Waals surface area (Å²) >= 11 is 28.7. The Morgan fingerprint density at radius 1 is 0.218 bits per heavy atom. The number of allylic oxidation sites excluding steroid dienone is 2. The van der Waals surface area contributed by atoms with Gasteiger partial charge in [0.05, 0.1) is 24.4 Å². The minimum Gasteiger partial charge on any atom is -0.414 e. The zero-order valence-electron chi connectivity index (χ0n) is 63.5. The van der Waals surface area contributed by atoms with Crippen LogP contribution in [-0.2, 0) is 751 Å². The highest BCUT2D eigenvalue weighted by atomic mass is 33.5. The minimum atomic E-state index is -1.58.